The van der Waals surface area contributed by atoms with Crippen LogP contribution in [0.5, 0.6) is 0 Å². The van der Waals surface area contributed by atoms with E-state index in [1.807, 2.05) is 6.92 Å². The Balaban J connectivity index is 3.01. The molecule has 0 heterocycles. The standard InChI is InChI=1S/C9H15N3O2S/c1-7-4-5-9(8(10)6-7)11-15(13,14)12(2)3/h4-6,11H,10H2,1-3H3. The molecule has 84 valence electrons. The molecule has 5 nitrogen and oxygen atoms in total. The zero-order chi connectivity index (χ0) is 11.6. The normalized spacial score (nSPS) is 11.7. The topological polar surface area (TPSA) is 75.4 Å². The van der Waals surface area contributed by atoms with Gasteiger partial charge < -0.3 is 5.73 Å². The smallest absolute Gasteiger partial charge is 0.301 e. The van der Waals surface area contributed by atoms with Crippen LogP contribution in [0.2, 0.25) is 0 Å². The van der Waals surface area contributed by atoms with Crippen molar-refractivity contribution in [2.75, 3.05) is 24.6 Å². The van der Waals surface area contributed by atoms with Crippen molar-refractivity contribution in [2.24, 2.45) is 0 Å². The molecule has 0 unspecified atom stereocenters. The summed E-state index contributed by atoms with van der Waals surface area (Å²) in [5, 5.41) is 0. The highest BCUT2D eigenvalue weighted by Gasteiger charge is 2.14. The van der Waals surface area contributed by atoms with Crippen molar-refractivity contribution in [3.8, 4) is 0 Å². The molecule has 0 aliphatic carbocycles. The van der Waals surface area contributed by atoms with E-state index in [1.165, 1.54) is 14.1 Å². The van der Waals surface area contributed by atoms with Gasteiger partial charge in [0.25, 0.3) is 0 Å². The lowest BCUT2D eigenvalue weighted by atomic mass is 10.2. The first-order valence-electron chi connectivity index (χ1n) is 4.39. The third kappa shape index (κ3) is 2.84. The molecule has 1 rings (SSSR count). The van der Waals surface area contributed by atoms with Gasteiger partial charge in [-0.1, -0.05) is 6.07 Å². The molecule has 0 atom stereocenters. The number of hydrogen-bond acceptors (Lipinski definition) is 3. The first-order chi connectivity index (χ1) is 6.83. The largest absolute Gasteiger partial charge is 0.397 e. The minimum atomic E-state index is -3.48. The van der Waals surface area contributed by atoms with Crippen LogP contribution in [0, 0.1) is 6.92 Å². The first-order valence-corrected chi connectivity index (χ1v) is 5.83. The Hall–Kier alpha value is -1.27. The maximum Gasteiger partial charge on any atom is 0.301 e. The lowest BCUT2D eigenvalue weighted by Crippen LogP contribution is -2.29. The summed E-state index contributed by atoms with van der Waals surface area (Å²) in [5.74, 6) is 0. The fourth-order valence-electron chi connectivity index (χ4n) is 1.01. The van der Waals surface area contributed by atoms with Gasteiger partial charge in [0.05, 0.1) is 11.4 Å². The zero-order valence-corrected chi connectivity index (χ0v) is 9.80. The average molecular weight is 229 g/mol. The zero-order valence-electron chi connectivity index (χ0n) is 8.98. The number of hydrogen-bond donors (Lipinski definition) is 2. The summed E-state index contributed by atoms with van der Waals surface area (Å²) in [6, 6.07) is 5.16. The van der Waals surface area contributed by atoms with Crippen molar-refractivity contribution in [2.45, 2.75) is 6.92 Å². The van der Waals surface area contributed by atoms with Gasteiger partial charge in [0.2, 0.25) is 0 Å². The summed E-state index contributed by atoms with van der Waals surface area (Å²) in [4.78, 5) is 0. The number of nitrogen functional groups attached to an aromatic ring is 1. The van der Waals surface area contributed by atoms with Crippen LogP contribution < -0.4 is 10.5 Å². The Kier molecular flexibility index (Phi) is 3.21. The molecular weight excluding hydrogens is 214 g/mol. The Morgan fingerprint density at radius 3 is 2.40 bits per heavy atom. The fraction of sp³-hybridized carbons (Fsp3) is 0.333. The quantitative estimate of drug-likeness (QED) is 0.753. The highest BCUT2D eigenvalue weighted by Crippen LogP contribution is 2.20. The second-order valence-electron chi connectivity index (χ2n) is 3.48. The number of anilines is 2. The second-order valence-corrected chi connectivity index (χ2v) is 5.36. The van der Waals surface area contributed by atoms with Crippen LogP contribution in [0.25, 0.3) is 0 Å². The molecule has 0 amide bonds. The van der Waals surface area contributed by atoms with Gasteiger partial charge in [-0.05, 0) is 24.6 Å². The van der Waals surface area contributed by atoms with Crippen molar-refractivity contribution in [3.63, 3.8) is 0 Å². The van der Waals surface area contributed by atoms with E-state index < -0.39 is 10.2 Å². The summed E-state index contributed by atoms with van der Waals surface area (Å²) in [7, 11) is -0.581. The van der Waals surface area contributed by atoms with E-state index in [0.29, 0.717) is 11.4 Å². The number of nitrogens with one attached hydrogen (secondary N) is 1. The van der Waals surface area contributed by atoms with E-state index in [2.05, 4.69) is 4.72 Å². The molecule has 0 fully saturated rings. The second kappa shape index (κ2) is 4.08. The molecular formula is C9H15N3O2S. The summed E-state index contributed by atoms with van der Waals surface area (Å²) in [6.07, 6.45) is 0. The van der Waals surface area contributed by atoms with Crippen molar-refractivity contribution in [1.82, 2.24) is 4.31 Å². The SMILES string of the molecule is Cc1ccc(NS(=O)(=O)N(C)C)c(N)c1. The number of rotatable bonds is 3. The summed E-state index contributed by atoms with van der Waals surface area (Å²) < 4.78 is 26.5. The van der Waals surface area contributed by atoms with Crippen molar-refractivity contribution >= 4 is 21.6 Å². The van der Waals surface area contributed by atoms with Gasteiger partial charge in [-0.15, -0.1) is 0 Å². The molecule has 0 aromatic heterocycles. The van der Waals surface area contributed by atoms with Gasteiger partial charge >= 0.3 is 10.2 Å². The predicted octanol–water partition coefficient (Wildman–Crippen LogP) is 0.796. The third-order valence-electron chi connectivity index (χ3n) is 1.93. The van der Waals surface area contributed by atoms with Crippen LogP contribution in [0.4, 0.5) is 11.4 Å². The molecule has 6 heteroatoms. The molecule has 15 heavy (non-hydrogen) atoms. The van der Waals surface area contributed by atoms with Crippen LogP contribution in [-0.2, 0) is 10.2 Å². The third-order valence-corrected chi connectivity index (χ3v) is 3.37. The average Bonchev–Trinajstić information content (AvgIpc) is 2.09. The Labute approximate surface area is 90.1 Å². The van der Waals surface area contributed by atoms with Crippen molar-refractivity contribution in [3.05, 3.63) is 23.8 Å². The van der Waals surface area contributed by atoms with Crippen molar-refractivity contribution in [1.29, 1.82) is 0 Å². The Bertz CT molecular complexity index is 454. The van der Waals surface area contributed by atoms with E-state index in [9.17, 15) is 8.42 Å². The number of aryl methyl sites for hydroxylation is 1. The van der Waals surface area contributed by atoms with E-state index in [-0.39, 0.29) is 0 Å². The van der Waals surface area contributed by atoms with Gasteiger partial charge in [0.1, 0.15) is 0 Å². The highest BCUT2D eigenvalue weighted by molar-refractivity contribution is 7.90. The lowest BCUT2D eigenvalue weighted by Gasteiger charge is -2.14. The molecule has 1 aromatic carbocycles. The molecule has 0 radical (unpaired) electrons. The molecule has 0 spiro atoms. The summed E-state index contributed by atoms with van der Waals surface area (Å²) >= 11 is 0. The molecule has 0 bridgehead atoms. The monoisotopic (exact) mass is 229 g/mol. The predicted molar refractivity (Wildman–Crippen MR) is 61.8 cm³/mol. The van der Waals surface area contributed by atoms with E-state index >= 15 is 0 Å². The number of nitrogens with two attached hydrogens (primary N) is 1. The number of nitrogens with zero attached hydrogens (tertiary/aromatic N) is 1. The molecule has 0 saturated carbocycles. The van der Waals surface area contributed by atoms with Crippen LogP contribution in [0.15, 0.2) is 18.2 Å². The van der Waals surface area contributed by atoms with Crippen molar-refractivity contribution < 1.29 is 8.42 Å². The van der Waals surface area contributed by atoms with Gasteiger partial charge in [0, 0.05) is 14.1 Å². The minimum Gasteiger partial charge on any atom is -0.397 e. The highest BCUT2D eigenvalue weighted by atomic mass is 32.2. The molecule has 0 aliphatic heterocycles. The molecule has 0 aliphatic rings. The lowest BCUT2D eigenvalue weighted by molar-refractivity contribution is 0.527. The van der Waals surface area contributed by atoms with E-state index in [0.717, 1.165) is 9.87 Å². The van der Waals surface area contributed by atoms with Gasteiger partial charge in [-0.2, -0.15) is 12.7 Å². The Morgan fingerprint density at radius 2 is 1.93 bits per heavy atom. The van der Waals surface area contributed by atoms with Crippen LogP contribution in [0.1, 0.15) is 5.56 Å². The Morgan fingerprint density at radius 1 is 1.33 bits per heavy atom. The summed E-state index contributed by atoms with van der Waals surface area (Å²) in [5.41, 5.74) is 7.48. The van der Waals surface area contributed by atoms with E-state index in [4.69, 9.17) is 5.73 Å². The van der Waals surface area contributed by atoms with Crippen LogP contribution >= 0.6 is 0 Å². The minimum absolute atomic E-state index is 0.398. The first kappa shape index (κ1) is 11.8. The van der Waals surface area contributed by atoms with Gasteiger partial charge in [0.15, 0.2) is 0 Å². The van der Waals surface area contributed by atoms with Crippen LogP contribution in [0.3, 0.4) is 0 Å². The van der Waals surface area contributed by atoms with Gasteiger partial charge in [-0.3, -0.25) is 4.72 Å². The van der Waals surface area contributed by atoms with Gasteiger partial charge in [-0.25, -0.2) is 0 Å². The van der Waals surface area contributed by atoms with Crippen LogP contribution in [-0.4, -0.2) is 26.8 Å². The maximum atomic E-state index is 11.5. The molecule has 1 aromatic rings. The maximum absolute atomic E-state index is 11.5. The van der Waals surface area contributed by atoms with E-state index in [1.54, 1.807) is 18.2 Å². The molecule has 3 N–H and O–H groups in total. The fourth-order valence-corrected chi connectivity index (χ4v) is 1.65. The summed E-state index contributed by atoms with van der Waals surface area (Å²) in [6.45, 7) is 1.89. The molecule has 0 saturated heterocycles. The number of benzene rings is 1.